The number of nitrogens with one attached hydrogen (secondary N) is 1. The minimum Gasteiger partial charge on any atom is -0.338 e. The molecule has 0 saturated heterocycles. The van der Waals surface area contributed by atoms with E-state index in [-0.39, 0.29) is 0 Å². The maximum Gasteiger partial charge on any atom is 0.0990 e. The molecule has 0 radical (unpaired) electrons. The standard InChI is InChI=1S/C13H10.C9H10N2S.C8H10S/c1-3-7-12-10(5-1)9-11-6-2-4-8-13(11)12;1-2-6-7-4-10-5-11-9(7)12-8(6)3-1;1-2-4-8-7(3-1)5-6-9-8/h1-8H,9H2;5H,1-4H2,(H,10,11);5-6H,1-4H2. The van der Waals surface area contributed by atoms with Crippen molar-refractivity contribution in [2.75, 3.05) is 5.32 Å². The van der Waals surface area contributed by atoms with Gasteiger partial charge in [0.15, 0.2) is 0 Å². The van der Waals surface area contributed by atoms with Gasteiger partial charge >= 0.3 is 0 Å². The molecule has 0 amide bonds. The number of fused-ring (bicyclic) bond motifs is 7. The van der Waals surface area contributed by atoms with Crippen LogP contribution in [-0.4, -0.2) is 6.34 Å². The fraction of sp³-hybridized carbons (Fsp3) is 0.300. The Morgan fingerprint density at radius 1 is 0.676 bits per heavy atom. The molecule has 2 aromatic heterocycles. The summed E-state index contributed by atoms with van der Waals surface area (Å²) in [6.07, 6.45) is 12.3. The maximum absolute atomic E-state index is 4.24. The summed E-state index contributed by atoms with van der Waals surface area (Å²) in [6, 6.07) is 19.6. The van der Waals surface area contributed by atoms with Crippen molar-refractivity contribution >= 4 is 34.0 Å². The third kappa shape index (κ3) is 4.37. The lowest BCUT2D eigenvalue weighted by molar-refractivity contribution is 0.697. The van der Waals surface area contributed by atoms with Gasteiger partial charge in [-0.3, -0.25) is 4.99 Å². The fourth-order valence-electron chi connectivity index (χ4n) is 5.48. The van der Waals surface area contributed by atoms with E-state index in [0.29, 0.717) is 0 Å². The summed E-state index contributed by atoms with van der Waals surface area (Å²) < 4.78 is 0. The second-order valence-corrected chi connectivity index (χ2v) is 11.5. The zero-order chi connectivity index (χ0) is 22.7. The lowest BCUT2D eigenvalue weighted by atomic mass is 10.00. The van der Waals surface area contributed by atoms with Crippen LogP contribution in [0.15, 0.2) is 65.0 Å². The number of hydrogen-bond donors (Lipinski definition) is 1. The zero-order valence-electron chi connectivity index (χ0n) is 19.5. The number of aliphatic imine (C=N–C) groups is 1. The van der Waals surface area contributed by atoms with Crippen LogP contribution in [0.25, 0.3) is 11.1 Å². The van der Waals surface area contributed by atoms with Gasteiger partial charge in [0.05, 0.1) is 17.9 Å². The number of nitrogens with zero attached hydrogens (tertiary/aromatic N) is 1. The van der Waals surface area contributed by atoms with Crippen LogP contribution in [0.5, 0.6) is 0 Å². The third-order valence-corrected chi connectivity index (χ3v) is 9.50. The molecule has 2 aromatic carbocycles. The molecule has 1 aliphatic heterocycles. The van der Waals surface area contributed by atoms with Crippen LogP contribution in [-0.2, 0) is 38.6 Å². The first kappa shape index (κ1) is 21.8. The van der Waals surface area contributed by atoms with E-state index in [1.165, 1.54) is 77.8 Å². The number of hydrogen-bond acceptors (Lipinski definition) is 4. The number of aryl methyl sites for hydroxylation is 3. The predicted molar refractivity (Wildman–Crippen MR) is 148 cm³/mol. The van der Waals surface area contributed by atoms with Crippen LogP contribution >= 0.6 is 22.7 Å². The summed E-state index contributed by atoms with van der Waals surface area (Å²) in [4.78, 5) is 7.47. The van der Waals surface area contributed by atoms with Crippen LogP contribution in [0, 0.1) is 0 Å². The molecule has 8 rings (SSSR count). The Hall–Kier alpha value is -2.69. The molecule has 0 saturated carbocycles. The van der Waals surface area contributed by atoms with Gasteiger partial charge in [-0.25, -0.2) is 0 Å². The quantitative estimate of drug-likeness (QED) is 0.237. The van der Waals surface area contributed by atoms with Crippen LogP contribution < -0.4 is 5.32 Å². The minimum atomic E-state index is 0.897. The molecule has 34 heavy (non-hydrogen) atoms. The van der Waals surface area contributed by atoms with Crippen LogP contribution in [0.1, 0.15) is 56.8 Å². The molecule has 4 heteroatoms. The van der Waals surface area contributed by atoms with Crippen molar-refractivity contribution in [3.63, 3.8) is 0 Å². The smallest absolute Gasteiger partial charge is 0.0990 e. The van der Waals surface area contributed by atoms with Gasteiger partial charge in [0, 0.05) is 15.3 Å². The van der Waals surface area contributed by atoms with Gasteiger partial charge in [-0.15, -0.1) is 22.7 Å². The van der Waals surface area contributed by atoms with E-state index < -0.39 is 0 Å². The fourth-order valence-corrected chi connectivity index (χ4v) is 7.73. The Morgan fingerprint density at radius 2 is 1.41 bits per heavy atom. The molecule has 4 aromatic rings. The van der Waals surface area contributed by atoms with E-state index in [1.54, 1.807) is 20.9 Å². The second-order valence-electron chi connectivity index (χ2n) is 9.35. The first-order valence-corrected chi connectivity index (χ1v) is 14.2. The summed E-state index contributed by atoms with van der Waals surface area (Å²) in [6.45, 7) is 0.897. The largest absolute Gasteiger partial charge is 0.338 e. The summed E-state index contributed by atoms with van der Waals surface area (Å²) in [7, 11) is 0. The molecule has 2 nitrogen and oxygen atoms in total. The Morgan fingerprint density at radius 3 is 2.21 bits per heavy atom. The molecule has 4 aliphatic rings. The van der Waals surface area contributed by atoms with Crippen LogP contribution in [0.4, 0.5) is 5.00 Å². The zero-order valence-corrected chi connectivity index (χ0v) is 21.1. The van der Waals surface area contributed by atoms with Gasteiger partial charge in [0.2, 0.25) is 0 Å². The molecule has 172 valence electrons. The van der Waals surface area contributed by atoms with Gasteiger partial charge < -0.3 is 5.32 Å². The van der Waals surface area contributed by atoms with Gasteiger partial charge in [0.25, 0.3) is 0 Å². The number of rotatable bonds is 0. The molecule has 0 fully saturated rings. The van der Waals surface area contributed by atoms with Crippen molar-refractivity contribution in [2.45, 2.75) is 57.9 Å². The lowest BCUT2D eigenvalue weighted by Gasteiger charge is -2.08. The molecule has 1 N–H and O–H groups in total. The Balaban J connectivity index is 0.0000000975. The van der Waals surface area contributed by atoms with Crippen LogP contribution in [0.3, 0.4) is 0 Å². The minimum absolute atomic E-state index is 0.897. The first-order valence-electron chi connectivity index (χ1n) is 12.5. The Labute approximate surface area is 210 Å². The second kappa shape index (κ2) is 9.89. The molecule has 3 heterocycles. The van der Waals surface area contributed by atoms with Gasteiger partial charge in [-0.1, -0.05) is 48.5 Å². The van der Waals surface area contributed by atoms with E-state index in [1.807, 2.05) is 29.0 Å². The molecule has 0 atom stereocenters. The normalized spacial score (nSPS) is 15.9. The van der Waals surface area contributed by atoms with E-state index in [4.69, 9.17) is 0 Å². The summed E-state index contributed by atoms with van der Waals surface area (Å²) in [5.74, 6) is 0. The molecule has 0 unspecified atom stereocenters. The summed E-state index contributed by atoms with van der Waals surface area (Å²) >= 11 is 3.85. The number of benzene rings is 2. The van der Waals surface area contributed by atoms with Crippen molar-refractivity contribution in [1.29, 1.82) is 0 Å². The highest BCUT2D eigenvalue weighted by atomic mass is 32.1. The SMILES string of the molecule is C1=NCc2c(sc3c2CCC3)N1.c1cc2c(s1)CCCC2.c1ccc2c(c1)Cc1ccccc1-2. The molecular formula is C30H30N2S2. The Kier molecular flexibility index (Phi) is 6.35. The van der Waals surface area contributed by atoms with Crippen molar-refractivity contribution in [3.05, 3.63) is 97.5 Å². The topological polar surface area (TPSA) is 24.4 Å². The molecule has 0 bridgehead atoms. The van der Waals surface area contributed by atoms with Gasteiger partial charge in [0.1, 0.15) is 0 Å². The number of anilines is 1. The number of thiophene rings is 2. The van der Waals surface area contributed by atoms with E-state index in [2.05, 4.69) is 70.3 Å². The van der Waals surface area contributed by atoms with Gasteiger partial charge in [-0.05, 0) is 96.2 Å². The van der Waals surface area contributed by atoms with Crippen molar-refractivity contribution in [3.8, 4) is 11.1 Å². The van der Waals surface area contributed by atoms with Crippen molar-refractivity contribution in [1.82, 2.24) is 0 Å². The Bertz CT molecular complexity index is 1260. The summed E-state index contributed by atoms with van der Waals surface area (Å²) in [5, 5.41) is 6.78. The summed E-state index contributed by atoms with van der Waals surface area (Å²) in [5.41, 5.74) is 10.4. The van der Waals surface area contributed by atoms with Crippen LogP contribution in [0.2, 0.25) is 0 Å². The van der Waals surface area contributed by atoms with Crippen molar-refractivity contribution in [2.24, 2.45) is 4.99 Å². The first-order chi connectivity index (χ1) is 16.9. The highest BCUT2D eigenvalue weighted by Gasteiger charge is 2.22. The van der Waals surface area contributed by atoms with E-state index >= 15 is 0 Å². The maximum atomic E-state index is 4.24. The van der Waals surface area contributed by atoms with E-state index in [9.17, 15) is 0 Å². The monoisotopic (exact) mass is 482 g/mol. The molecule has 0 spiro atoms. The predicted octanol–water partition coefficient (Wildman–Crippen LogP) is 8.08. The molecular weight excluding hydrogens is 452 g/mol. The average molecular weight is 483 g/mol. The highest BCUT2D eigenvalue weighted by molar-refractivity contribution is 7.16. The van der Waals surface area contributed by atoms with Gasteiger partial charge in [-0.2, -0.15) is 0 Å². The lowest BCUT2D eigenvalue weighted by Crippen LogP contribution is -2.02. The average Bonchev–Trinajstić information content (AvgIpc) is 3.67. The van der Waals surface area contributed by atoms with Crippen molar-refractivity contribution < 1.29 is 0 Å². The van der Waals surface area contributed by atoms with E-state index in [0.717, 1.165) is 13.0 Å². The highest BCUT2D eigenvalue weighted by Crippen LogP contribution is 2.40. The third-order valence-electron chi connectivity index (χ3n) is 7.21. The molecule has 3 aliphatic carbocycles.